The molecule has 1 aliphatic rings. The third kappa shape index (κ3) is 12.3. The van der Waals surface area contributed by atoms with Crippen LogP contribution in [0.3, 0.4) is 0 Å². The first-order valence-corrected chi connectivity index (χ1v) is 15.3. The summed E-state index contributed by atoms with van der Waals surface area (Å²) in [5, 5.41) is 18.4. The van der Waals surface area contributed by atoms with E-state index in [-0.39, 0.29) is 13.2 Å². The molecule has 1 saturated carbocycles. The molecular weight excluding hydrogens is 516 g/mol. The van der Waals surface area contributed by atoms with Crippen molar-refractivity contribution in [2.75, 3.05) is 39.6 Å². The second-order valence-corrected chi connectivity index (χ2v) is 11.1. The van der Waals surface area contributed by atoms with Crippen molar-refractivity contribution in [2.24, 2.45) is 5.92 Å². The van der Waals surface area contributed by atoms with Crippen molar-refractivity contribution in [3.05, 3.63) is 66.8 Å². The fraction of sp³-hybridized carbons (Fsp3) is 0.543. The first-order chi connectivity index (χ1) is 20.0. The smallest absolute Gasteiger partial charge is 0.123 e. The highest BCUT2D eigenvalue weighted by atomic mass is 16.5. The number of benzene rings is 2. The minimum Gasteiger partial charge on any atom is -0.493 e. The van der Waals surface area contributed by atoms with Crippen LogP contribution < -0.4 is 14.2 Å². The highest BCUT2D eigenvalue weighted by Gasteiger charge is 2.21. The van der Waals surface area contributed by atoms with Crippen LogP contribution in [0.4, 0.5) is 0 Å². The predicted octanol–water partition coefficient (Wildman–Crippen LogP) is 7.52. The van der Waals surface area contributed by atoms with Crippen molar-refractivity contribution in [3.63, 3.8) is 0 Å². The average molecular weight is 567 g/mol. The molecule has 3 rings (SSSR count). The maximum absolute atomic E-state index is 9.20. The largest absolute Gasteiger partial charge is 0.493 e. The molecule has 6 nitrogen and oxygen atoms in total. The van der Waals surface area contributed by atoms with Crippen LogP contribution in [-0.2, 0) is 4.74 Å². The Morgan fingerprint density at radius 3 is 1.85 bits per heavy atom. The number of aliphatic hydroxyl groups excluding tert-OH is 2. The standard InChI is InChI=1S/C35H50O6/c1-4-5-6-7-29-8-12-32(13-9-29)40-20-21-41-33-14-10-30(11-15-33)31-22-34(38-18-16-27(2)25-36)24-35(23-31)39-19-17-28(3)26-37/h10-11,14-15,22-24,29,32,36-37H,2-9,12-13,16-21,25-26H2,1H3. The second-order valence-electron chi connectivity index (χ2n) is 11.1. The van der Waals surface area contributed by atoms with E-state index in [9.17, 15) is 10.2 Å². The maximum atomic E-state index is 9.20. The Labute approximate surface area is 247 Å². The molecule has 0 amide bonds. The molecule has 2 aromatic carbocycles. The van der Waals surface area contributed by atoms with E-state index >= 15 is 0 Å². The molecular formula is C35H50O6. The van der Waals surface area contributed by atoms with Gasteiger partial charge in [0.05, 0.1) is 39.1 Å². The molecule has 0 spiro atoms. The lowest BCUT2D eigenvalue weighted by atomic mass is 9.84. The topological polar surface area (TPSA) is 77.4 Å². The summed E-state index contributed by atoms with van der Waals surface area (Å²) in [6, 6.07) is 13.8. The lowest BCUT2D eigenvalue weighted by molar-refractivity contribution is 0.00336. The average Bonchev–Trinajstić information content (AvgIpc) is 3.00. The molecule has 2 N–H and O–H groups in total. The van der Waals surface area contributed by atoms with Gasteiger partial charge in [-0.2, -0.15) is 0 Å². The van der Waals surface area contributed by atoms with E-state index in [0.29, 0.717) is 56.9 Å². The van der Waals surface area contributed by atoms with Crippen LogP contribution in [0.2, 0.25) is 0 Å². The Morgan fingerprint density at radius 1 is 0.707 bits per heavy atom. The predicted molar refractivity (Wildman–Crippen MR) is 166 cm³/mol. The van der Waals surface area contributed by atoms with Gasteiger partial charge >= 0.3 is 0 Å². The van der Waals surface area contributed by atoms with Crippen molar-refractivity contribution >= 4 is 0 Å². The van der Waals surface area contributed by atoms with Gasteiger partial charge in [-0.05, 0) is 78.1 Å². The molecule has 0 unspecified atom stereocenters. The van der Waals surface area contributed by atoms with Crippen LogP contribution in [0.15, 0.2) is 66.8 Å². The van der Waals surface area contributed by atoms with Gasteiger partial charge in [0.25, 0.3) is 0 Å². The molecule has 0 atom stereocenters. The van der Waals surface area contributed by atoms with Gasteiger partial charge in [0, 0.05) is 18.9 Å². The summed E-state index contributed by atoms with van der Waals surface area (Å²) in [5.41, 5.74) is 3.43. The third-order valence-corrected chi connectivity index (χ3v) is 7.68. The monoisotopic (exact) mass is 566 g/mol. The SMILES string of the molecule is C=C(CO)CCOc1cc(OCCC(=C)CO)cc(-c2ccc(OCCOC3CCC(CCCCC)CC3)cc2)c1. The van der Waals surface area contributed by atoms with E-state index in [2.05, 4.69) is 20.1 Å². The fourth-order valence-electron chi connectivity index (χ4n) is 5.08. The van der Waals surface area contributed by atoms with Crippen molar-refractivity contribution in [2.45, 2.75) is 77.2 Å². The number of ether oxygens (including phenoxy) is 4. The molecule has 1 fully saturated rings. The summed E-state index contributed by atoms with van der Waals surface area (Å²) in [6.07, 6.45) is 11.9. The van der Waals surface area contributed by atoms with Crippen LogP contribution in [0.25, 0.3) is 11.1 Å². The summed E-state index contributed by atoms with van der Waals surface area (Å²) >= 11 is 0. The van der Waals surface area contributed by atoms with Gasteiger partial charge in [0.1, 0.15) is 23.9 Å². The quantitative estimate of drug-likeness (QED) is 0.127. The molecule has 0 radical (unpaired) electrons. The van der Waals surface area contributed by atoms with E-state index in [1.165, 1.54) is 51.4 Å². The lowest BCUT2D eigenvalue weighted by Crippen LogP contribution is -2.23. The van der Waals surface area contributed by atoms with E-state index in [1.807, 2.05) is 42.5 Å². The Morgan fingerprint density at radius 2 is 1.29 bits per heavy atom. The Balaban J connectivity index is 1.50. The first kappa shape index (κ1) is 32.7. The summed E-state index contributed by atoms with van der Waals surface area (Å²) < 4.78 is 24.0. The van der Waals surface area contributed by atoms with Crippen LogP contribution in [0.5, 0.6) is 17.2 Å². The van der Waals surface area contributed by atoms with Crippen LogP contribution in [0.1, 0.15) is 71.1 Å². The van der Waals surface area contributed by atoms with Gasteiger partial charge < -0.3 is 29.2 Å². The molecule has 41 heavy (non-hydrogen) atoms. The van der Waals surface area contributed by atoms with Gasteiger partial charge in [-0.15, -0.1) is 0 Å². The molecule has 1 aliphatic carbocycles. The van der Waals surface area contributed by atoms with Gasteiger partial charge in [0.15, 0.2) is 0 Å². The van der Waals surface area contributed by atoms with Gasteiger partial charge in [-0.3, -0.25) is 0 Å². The van der Waals surface area contributed by atoms with Crippen LogP contribution >= 0.6 is 0 Å². The first-order valence-electron chi connectivity index (χ1n) is 15.3. The van der Waals surface area contributed by atoms with Crippen molar-refractivity contribution in [1.29, 1.82) is 0 Å². The number of hydrogen-bond donors (Lipinski definition) is 2. The summed E-state index contributed by atoms with van der Waals surface area (Å²) in [7, 11) is 0. The molecule has 226 valence electrons. The lowest BCUT2D eigenvalue weighted by Gasteiger charge is -2.28. The van der Waals surface area contributed by atoms with E-state index in [1.54, 1.807) is 0 Å². The molecule has 0 aromatic heterocycles. The summed E-state index contributed by atoms with van der Waals surface area (Å²) in [5.74, 6) is 3.06. The minimum atomic E-state index is -0.0484. The van der Waals surface area contributed by atoms with Crippen molar-refractivity contribution < 1.29 is 29.2 Å². The van der Waals surface area contributed by atoms with Gasteiger partial charge in [-0.25, -0.2) is 0 Å². The second kappa shape index (κ2) is 18.6. The molecule has 2 aromatic rings. The van der Waals surface area contributed by atoms with Crippen molar-refractivity contribution in [3.8, 4) is 28.4 Å². The Kier molecular flexibility index (Phi) is 14.8. The van der Waals surface area contributed by atoms with E-state index in [4.69, 9.17) is 18.9 Å². The number of rotatable bonds is 20. The summed E-state index contributed by atoms with van der Waals surface area (Å²) in [4.78, 5) is 0. The molecule has 0 aliphatic heterocycles. The van der Waals surface area contributed by atoms with Crippen LogP contribution in [-0.4, -0.2) is 56.0 Å². The number of hydrogen-bond acceptors (Lipinski definition) is 6. The highest BCUT2D eigenvalue weighted by Crippen LogP contribution is 2.32. The zero-order valence-electron chi connectivity index (χ0n) is 25.0. The van der Waals surface area contributed by atoms with E-state index in [0.717, 1.165) is 33.9 Å². The third-order valence-electron chi connectivity index (χ3n) is 7.68. The molecule has 0 heterocycles. The zero-order chi connectivity index (χ0) is 29.3. The number of unbranched alkanes of at least 4 members (excludes halogenated alkanes) is 2. The molecule has 0 saturated heterocycles. The molecule has 6 heteroatoms. The highest BCUT2D eigenvalue weighted by molar-refractivity contribution is 5.68. The number of aliphatic hydroxyl groups is 2. The summed E-state index contributed by atoms with van der Waals surface area (Å²) in [6.45, 7) is 11.8. The Hall–Kier alpha value is -2.80. The van der Waals surface area contributed by atoms with Crippen molar-refractivity contribution in [1.82, 2.24) is 0 Å². The minimum absolute atomic E-state index is 0.0484. The maximum Gasteiger partial charge on any atom is 0.123 e. The van der Waals surface area contributed by atoms with Crippen LogP contribution in [0, 0.1) is 5.92 Å². The zero-order valence-corrected chi connectivity index (χ0v) is 25.0. The normalized spacial score (nSPS) is 16.8. The van der Waals surface area contributed by atoms with Gasteiger partial charge in [-0.1, -0.05) is 57.9 Å². The van der Waals surface area contributed by atoms with E-state index < -0.39 is 0 Å². The fourth-order valence-corrected chi connectivity index (χ4v) is 5.08. The molecule has 0 bridgehead atoms. The Bertz CT molecular complexity index is 999. The van der Waals surface area contributed by atoms with Gasteiger partial charge in [0.2, 0.25) is 0 Å².